The molecule has 0 radical (unpaired) electrons. The van der Waals surface area contributed by atoms with E-state index in [4.69, 9.17) is 0 Å². The van der Waals surface area contributed by atoms with Crippen LogP contribution in [0.25, 0.3) is 0 Å². The summed E-state index contributed by atoms with van der Waals surface area (Å²) in [6.07, 6.45) is 0. The number of hydrogen-bond donors (Lipinski definition) is 2. The molecule has 2 N–H and O–H groups in total. The molecular weight excluding hydrogens is 220 g/mol. The lowest BCUT2D eigenvalue weighted by molar-refractivity contribution is -0.150. The zero-order valence-electron chi connectivity index (χ0n) is 11.0. The van der Waals surface area contributed by atoms with E-state index in [1.165, 1.54) is 7.11 Å². The van der Waals surface area contributed by atoms with Crippen LogP contribution in [0.5, 0.6) is 0 Å². The van der Waals surface area contributed by atoms with Crippen molar-refractivity contribution in [3.8, 4) is 0 Å². The van der Waals surface area contributed by atoms with Crippen molar-refractivity contribution < 1.29 is 14.3 Å². The van der Waals surface area contributed by atoms with Crippen molar-refractivity contribution in [1.82, 2.24) is 10.6 Å². The maximum atomic E-state index is 11.8. The molecule has 1 atom stereocenters. The van der Waals surface area contributed by atoms with Gasteiger partial charge in [-0.05, 0) is 32.9 Å². The van der Waals surface area contributed by atoms with Crippen LogP contribution in [-0.4, -0.2) is 38.6 Å². The molecule has 0 aliphatic carbocycles. The second-order valence-electron chi connectivity index (χ2n) is 5.30. The maximum absolute atomic E-state index is 11.8. The predicted molar refractivity (Wildman–Crippen MR) is 64.3 cm³/mol. The summed E-state index contributed by atoms with van der Waals surface area (Å²) in [5.41, 5.74) is -0.679. The molecule has 0 aromatic heterocycles. The van der Waals surface area contributed by atoms with Crippen LogP contribution >= 0.6 is 0 Å². The van der Waals surface area contributed by atoms with Crippen LogP contribution in [0.15, 0.2) is 0 Å². The van der Waals surface area contributed by atoms with Crippen molar-refractivity contribution in [2.45, 2.75) is 20.8 Å². The first-order valence-corrected chi connectivity index (χ1v) is 5.95. The third-order valence-corrected chi connectivity index (χ3v) is 3.38. The summed E-state index contributed by atoms with van der Waals surface area (Å²) in [6.45, 7) is 7.54. The van der Waals surface area contributed by atoms with Crippen molar-refractivity contribution in [3.05, 3.63) is 0 Å². The lowest BCUT2D eigenvalue weighted by Crippen LogP contribution is -2.51. The van der Waals surface area contributed by atoms with Gasteiger partial charge in [0.2, 0.25) is 5.91 Å². The fourth-order valence-corrected chi connectivity index (χ4v) is 1.70. The predicted octanol–water partition coefficient (Wildman–Crippen LogP) is 0.157. The van der Waals surface area contributed by atoms with Gasteiger partial charge in [-0.2, -0.15) is 0 Å². The van der Waals surface area contributed by atoms with Gasteiger partial charge in [0.05, 0.1) is 12.5 Å². The number of carbonyl (C=O) groups is 2. The first kappa shape index (κ1) is 14.0. The van der Waals surface area contributed by atoms with Gasteiger partial charge in [-0.1, -0.05) is 6.92 Å². The van der Waals surface area contributed by atoms with Crippen LogP contribution in [0.1, 0.15) is 20.8 Å². The van der Waals surface area contributed by atoms with Crippen LogP contribution in [0.3, 0.4) is 0 Å². The van der Waals surface area contributed by atoms with Gasteiger partial charge in [0.15, 0.2) is 0 Å². The van der Waals surface area contributed by atoms with Gasteiger partial charge in [-0.3, -0.25) is 9.59 Å². The van der Waals surface area contributed by atoms with Crippen molar-refractivity contribution in [3.63, 3.8) is 0 Å². The highest BCUT2D eigenvalue weighted by Crippen LogP contribution is 2.18. The van der Waals surface area contributed by atoms with E-state index in [-0.39, 0.29) is 17.8 Å². The molecule has 1 fully saturated rings. The van der Waals surface area contributed by atoms with E-state index in [0.717, 1.165) is 13.1 Å². The van der Waals surface area contributed by atoms with Crippen LogP contribution in [-0.2, 0) is 14.3 Å². The third kappa shape index (κ3) is 3.43. The van der Waals surface area contributed by atoms with Gasteiger partial charge in [0.1, 0.15) is 0 Å². The number of ether oxygens (including phenoxy) is 1. The Balaban J connectivity index is 2.38. The Bertz CT molecular complexity index is 298. The SMILES string of the molecule is COC(=O)C(C)(C)CNC(=O)C(C)C1CNC1. The Hall–Kier alpha value is -1.10. The monoisotopic (exact) mass is 242 g/mol. The normalized spacial score (nSPS) is 18.1. The van der Waals surface area contributed by atoms with E-state index >= 15 is 0 Å². The van der Waals surface area contributed by atoms with Gasteiger partial charge >= 0.3 is 5.97 Å². The second kappa shape index (κ2) is 5.49. The Kier molecular flexibility index (Phi) is 4.51. The summed E-state index contributed by atoms with van der Waals surface area (Å²) < 4.78 is 4.69. The third-order valence-electron chi connectivity index (χ3n) is 3.38. The molecule has 5 nitrogen and oxygen atoms in total. The molecule has 1 aliphatic rings. The van der Waals surface area contributed by atoms with Gasteiger partial charge in [-0.15, -0.1) is 0 Å². The Morgan fingerprint density at radius 2 is 2.06 bits per heavy atom. The number of esters is 1. The Morgan fingerprint density at radius 1 is 1.47 bits per heavy atom. The van der Waals surface area contributed by atoms with E-state index in [1.807, 2.05) is 6.92 Å². The fourth-order valence-electron chi connectivity index (χ4n) is 1.70. The summed E-state index contributed by atoms with van der Waals surface area (Å²) >= 11 is 0. The molecular formula is C12H22N2O3. The van der Waals surface area contributed by atoms with E-state index in [0.29, 0.717) is 12.5 Å². The zero-order chi connectivity index (χ0) is 13.1. The average Bonchev–Trinajstić information content (AvgIpc) is 2.22. The minimum atomic E-state index is -0.679. The Labute approximate surface area is 102 Å². The number of hydrogen-bond acceptors (Lipinski definition) is 4. The molecule has 1 heterocycles. The number of nitrogens with one attached hydrogen (secondary N) is 2. The summed E-state index contributed by atoms with van der Waals surface area (Å²) in [5.74, 6) is 0.102. The summed E-state index contributed by atoms with van der Waals surface area (Å²) in [7, 11) is 1.36. The minimum Gasteiger partial charge on any atom is -0.469 e. The number of amides is 1. The smallest absolute Gasteiger partial charge is 0.313 e. The molecule has 0 aromatic rings. The van der Waals surface area contributed by atoms with Crippen LogP contribution in [0.4, 0.5) is 0 Å². The summed E-state index contributed by atoms with van der Waals surface area (Å²) in [5, 5.41) is 5.96. The summed E-state index contributed by atoms with van der Waals surface area (Å²) in [4.78, 5) is 23.3. The van der Waals surface area contributed by atoms with Gasteiger partial charge in [0.25, 0.3) is 0 Å². The first-order valence-electron chi connectivity index (χ1n) is 5.95. The van der Waals surface area contributed by atoms with E-state index < -0.39 is 5.41 Å². The van der Waals surface area contributed by atoms with Crippen LogP contribution < -0.4 is 10.6 Å². The highest BCUT2D eigenvalue weighted by atomic mass is 16.5. The highest BCUT2D eigenvalue weighted by molar-refractivity contribution is 5.81. The molecule has 1 unspecified atom stereocenters. The number of rotatable bonds is 5. The van der Waals surface area contributed by atoms with Crippen LogP contribution in [0, 0.1) is 17.3 Å². The topological polar surface area (TPSA) is 67.4 Å². The van der Waals surface area contributed by atoms with Gasteiger partial charge in [-0.25, -0.2) is 0 Å². The average molecular weight is 242 g/mol. The maximum Gasteiger partial charge on any atom is 0.313 e. The molecule has 1 aliphatic heterocycles. The molecule has 17 heavy (non-hydrogen) atoms. The van der Waals surface area contributed by atoms with Crippen molar-refractivity contribution in [2.75, 3.05) is 26.7 Å². The standard InChI is InChI=1S/C12H22N2O3/c1-8(9-5-13-6-9)10(15)14-7-12(2,3)11(16)17-4/h8-9,13H,5-7H2,1-4H3,(H,14,15). The van der Waals surface area contributed by atoms with Crippen molar-refractivity contribution in [2.24, 2.45) is 17.3 Å². The van der Waals surface area contributed by atoms with Crippen molar-refractivity contribution in [1.29, 1.82) is 0 Å². The number of methoxy groups -OCH3 is 1. The number of carbonyl (C=O) groups excluding carboxylic acids is 2. The zero-order valence-corrected chi connectivity index (χ0v) is 11.0. The molecule has 0 aromatic carbocycles. The highest BCUT2D eigenvalue weighted by Gasteiger charge is 2.32. The van der Waals surface area contributed by atoms with Gasteiger partial charge < -0.3 is 15.4 Å². The lowest BCUT2D eigenvalue weighted by Gasteiger charge is -2.32. The van der Waals surface area contributed by atoms with Gasteiger partial charge in [0, 0.05) is 12.5 Å². The fraction of sp³-hybridized carbons (Fsp3) is 0.833. The van der Waals surface area contributed by atoms with E-state index in [9.17, 15) is 9.59 Å². The lowest BCUT2D eigenvalue weighted by atomic mass is 9.87. The quantitative estimate of drug-likeness (QED) is 0.674. The molecule has 0 saturated carbocycles. The first-order chi connectivity index (χ1) is 7.88. The minimum absolute atomic E-state index is 0.00785. The summed E-state index contributed by atoms with van der Waals surface area (Å²) in [6, 6.07) is 0. The molecule has 5 heteroatoms. The van der Waals surface area contributed by atoms with E-state index in [1.54, 1.807) is 13.8 Å². The molecule has 0 bridgehead atoms. The Morgan fingerprint density at radius 3 is 2.47 bits per heavy atom. The molecule has 0 spiro atoms. The second-order valence-corrected chi connectivity index (χ2v) is 5.30. The largest absolute Gasteiger partial charge is 0.469 e. The van der Waals surface area contributed by atoms with Crippen LogP contribution in [0.2, 0.25) is 0 Å². The molecule has 98 valence electrons. The van der Waals surface area contributed by atoms with Crippen molar-refractivity contribution >= 4 is 11.9 Å². The molecule has 1 amide bonds. The molecule has 1 rings (SSSR count). The van der Waals surface area contributed by atoms with E-state index in [2.05, 4.69) is 15.4 Å². The molecule has 1 saturated heterocycles.